The van der Waals surface area contributed by atoms with Gasteiger partial charge in [-0.3, -0.25) is 4.79 Å². The summed E-state index contributed by atoms with van der Waals surface area (Å²) in [5, 5.41) is 5.40. The van der Waals surface area contributed by atoms with Gasteiger partial charge < -0.3 is 10.1 Å². The van der Waals surface area contributed by atoms with Crippen LogP contribution in [0.15, 0.2) is 23.4 Å². The lowest BCUT2D eigenvalue weighted by Crippen LogP contribution is -2.31. The van der Waals surface area contributed by atoms with E-state index in [9.17, 15) is 4.79 Å². The van der Waals surface area contributed by atoms with Gasteiger partial charge in [0.25, 0.3) is 0 Å². The quantitative estimate of drug-likeness (QED) is 0.240. The maximum absolute atomic E-state index is 12.5. The summed E-state index contributed by atoms with van der Waals surface area (Å²) < 4.78 is 2.33. The van der Waals surface area contributed by atoms with Crippen LogP contribution < -0.4 is 5.32 Å². The van der Waals surface area contributed by atoms with Crippen molar-refractivity contribution in [1.29, 1.82) is 0 Å². The third-order valence-electron chi connectivity index (χ3n) is 3.83. The highest BCUT2D eigenvalue weighted by molar-refractivity contribution is 7.09. The number of ether oxygens (including phenoxy) is 1. The highest BCUT2D eigenvalue weighted by Crippen LogP contribution is 2.40. The third kappa shape index (κ3) is 9.16. The lowest BCUT2D eigenvalue weighted by Gasteiger charge is -2.25. The van der Waals surface area contributed by atoms with Crippen LogP contribution in [0, 0.1) is 11.8 Å². The van der Waals surface area contributed by atoms with Crippen molar-refractivity contribution in [2.24, 2.45) is 11.8 Å². The molecule has 0 radical (unpaired) electrons. The topological polar surface area (TPSA) is 51.2 Å². The molecule has 0 fully saturated rings. The van der Waals surface area contributed by atoms with Gasteiger partial charge in [-0.1, -0.05) is 83.5 Å². The summed E-state index contributed by atoms with van der Waals surface area (Å²) in [7, 11) is 1.45. The van der Waals surface area contributed by atoms with Crippen molar-refractivity contribution in [2.75, 3.05) is 7.11 Å². The van der Waals surface area contributed by atoms with E-state index in [1.807, 2.05) is 5.38 Å². The van der Waals surface area contributed by atoms with Gasteiger partial charge in [0.15, 0.2) is 7.59 Å². The first-order chi connectivity index (χ1) is 12.3. The van der Waals surface area contributed by atoms with Crippen LogP contribution >= 0.6 is 80.9 Å². The van der Waals surface area contributed by atoms with Crippen LogP contribution in [0.2, 0.25) is 0 Å². The minimum atomic E-state index is -1.46. The molecule has 0 aromatic carbocycles. The fraction of sp³-hybridized carbons (Fsp3) is 0.625. The first-order valence-corrected chi connectivity index (χ1v) is 11.1. The number of hydrogen-bond acceptors (Lipinski definition) is 4. The average Bonchev–Trinajstić information content (AvgIpc) is 3.05. The Labute approximate surface area is 193 Å². The van der Waals surface area contributed by atoms with E-state index in [1.165, 1.54) is 24.5 Å². The number of halogens is 6. The number of thiazole rings is 1. The number of carbonyl (C=O) groups is 1. The zero-order chi connectivity index (χ0) is 20.8. The largest absolute Gasteiger partial charge is 0.501 e. The van der Waals surface area contributed by atoms with Crippen LogP contribution in [0.3, 0.4) is 0 Å². The van der Waals surface area contributed by atoms with Gasteiger partial charge in [-0.25, -0.2) is 4.98 Å². The number of nitrogens with one attached hydrogen (secondary N) is 1. The Hall–Kier alpha value is 0.380. The van der Waals surface area contributed by atoms with Crippen LogP contribution in [0.1, 0.15) is 37.7 Å². The molecule has 154 valence electrons. The van der Waals surface area contributed by atoms with E-state index in [2.05, 4.69) is 10.3 Å². The number of hydrogen-bond donors (Lipinski definition) is 1. The van der Waals surface area contributed by atoms with E-state index in [0.29, 0.717) is 17.2 Å². The molecule has 1 amide bonds. The van der Waals surface area contributed by atoms with E-state index in [-0.39, 0.29) is 24.2 Å². The van der Waals surface area contributed by atoms with Crippen molar-refractivity contribution in [3.63, 3.8) is 0 Å². The van der Waals surface area contributed by atoms with Gasteiger partial charge in [0.1, 0.15) is 10.8 Å². The highest BCUT2D eigenvalue weighted by Gasteiger charge is 2.33. The fourth-order valence-corrected chi connectivity index (χ4v) is 3.29. The van der Waals surface area contributed by atoms with Crippen molar-refractivity contribution < 1.29 is 9.53 Å². The number of nitrogens with zero attached hydrogens (tertiary/aromatic N) is 1. The lowest BCUT2D eigenvalue weighted by molar-refractivity contribution is -0.117. The first-order valence-electron chi connectivity index (χ1n) is 7.92. The van der Waals surface area contributed by atoms with Gasteiger partial charge in [-0.15, -0.1) is 11.3 Å². The molecule has 0 aliphatic heterocycles. The maximum atomic E-state index is 12.5. The number of carbonyl (C=O) groups excluding carboxylic acids is 1. The molecule has 1 heterocycles. The van der Waals surface area contributed by atoms with Crippen molar-refractivity contribution in [3.05, 3.63) is 28.4 Å². The minimum Gasteiger partial charge on any atom is -0.501 e. The Morgan fingerprint density at radius 3 is 2.26 bits per heavy atom. The summed E-state index contributed by atoms with van der Waals surface area (Å²) in [6.45, 7) is 3.54. The van der Waals surface area contributed by atoms with E-state index in [1.54, 1.807) is 20.0 Å². The Morgan fingerprint density at radius 1 is 1.22 bits per heavy atom. The van der Waals surface area contributed by atoms with E-state index in [0.717, 1.165) is 0 Å². The Morgan fingerprint density at radius 2 is 1.81 bits per heavy atom. The highest BCUT2D eigenvalue weighted by atomic mass is 35.6. The number of allylic oxidation sites excluding steroid dienone is 1. The number of alkyl halides is 6. The molecule has 4 nitrogen and oxygen atoms in total. The molecule has 0 unspecified atom stereocenters. The number of rotatable bonds is 8. The van der Waals surface area contributed by atoms with Gasteiger partial charge in [0.05, 0.1) is 13.2 Å². The molecule has 0 spiro atoms. The standard InChI is InChI=1S/C16H20Cl6N2O2S/c1-9(15(17,18)19)6-11(26-3)8-13(25)24-12(14-23-4-5-27-14)7-10(2)16(20,21)22/h4-5,8-10,12H,6-7H2,1-3H3,(H,24,25)/b11-8-/t9-,10-,12+/m0/s1. The number of methoxy groups -OCH3 is 1. The van der Waals surface area contributed by atoms with Gasteiger partial charge in [-0.2, -0.15) is 0 Å². The molecule has 0 saturated heterocycles. The molecule has 0 aliphatic rings. The Bertz CT molecular complexity index is 628. The Kier molecular flexibility index (Phi) is 10.3. The van der Waals surface area contributed by atoms with Crippen molar-refractivity contribution in [1.82, 2.24) is 10.3 Å². The van der Waals surface area contributed by atoms with E-state index < -0.39 is 13.6 Å². The third-order valence-corrected chi connectivity index (χ3v) is 6.96. The summed E-state index contributed by atoms with van der Waals surface area (Å²) >= 11 is 36.9. The van der Waals surface area contributed by atoms with Gasteiger partial charge in [0.2, 0.25) is 5.91 Å². The van der Waals surface area contributed by atoms with Crippen LogP contribution in [0.5, 0.6) is 0 Å². The molecule has 27 heavy (non-hydrogen) atoms. The minimum absolute atomic E-state index is 0.285. The summed E-state index contributed by atoms with van der Waals surface area (Å²) in [6, 6.07) is -0.414. The molecule has 1 N–H and O–H groups in total. The molecule has 1 aromatic rings. The summed E-state index contributed by atoms with van der Waals surface area (Å²) in [6.07, 6.45) is 3.66. The summed E-state index contributed by atoms with van der Waals surface area (Å²) in [5.74, 6) is -0.647. The second-order valence-electron chi connectivity index (χ2n) is 6.07. The molecule has 0 bridgehead atoms. The van der Waals surface area contributed by atoms with Crippen molar-refractivity contribution in [3.8, 4) is 0 Å². The van der Waals surface area contributed by atoms with Crippen molar-refractivity contribution in [2.45, 2.75) is 40.3 Å². The van der Waals surface area contributed by atoms with Crippen LogP contribution in [-0.2, 0) is 9.53 Å². The SMILES string of the molecule is CO/C(=C\C(=O)N[C@H](C[C@H](C)C(Cl)(Cl)Cl)c1nccs1)C[C@H](C)C(Cl)(Cl)Cl. The summed E-state index contributed by atoms with van der Waals surface area (Å²) in [5.41, 5.74) is 0. The van der Waals surface area contributed by atoms with Crippen molar-refractivity contribution >= 4 is 86.8 Å². The molecule has 0 saturated carbocycles. The van der Waals surface area contributed by atoms with Gasteiger partial charge in [0, 0.05) is 35.9 Å². The predicted molar refractivity (Wildman–Crippen MR) is 116 cm³/mol. The molecule has 0 aliphatic carbocycles. The zero-order valence-corrected chi connectivity index (χ0v) is 20.2. The second-order valence-corrected chi connectivity index (χ2v) is 11.7. The Balaban J connectivity index is 2.89. The number of amides is 1. The molecule has 1 aromatic heterocycles. The molecule has 11 heteroatoms. The first kappa shape index (κ1) is 25.4. The average molecular weight is 517 g/mol. The van der Waals surface area contributed by atoms with Gasteiger partial charge in [-0.05, 0) is 6.42 Å². The van der Waals surface area contributed by atoms with Crippen LogP contribution in [0.4, 0.5) is 0 Å². The van der Waals surface area contributed by atoms with E-state index >= 15 is 0 Å². The summed E-state index contributed by atoms with van der Waals surface area (Å²) in [4.78, 5) is 16.7. The maximum Gasteiger partial charge on any atom is 0.247 e. The predicted octanol–water partition coefficient (Wildman–Crippen LogP) is 6.62. The van der Waals surface area contributed by atoms with Crippen LogP contribution in [0.25, 0.3) is 0 Å². The molecule has 3 atom stereocenters. The monoisotopic (exact) mass is 514 g/mol. The molecular weight excluding hydrogens is 497 g/mol. The lowest BCUT2D eigenvalue weighted by atomic mass is 10.0. The normalized spacial score (nSPS) is 16.6. The molecule has 1 rings (SSSR count). The second kappa shape index (κ2) is 11.0. The van der Waals surface area contributed by atoms with Gasteiger partial charge >= 0.3 is 0 Å². The fourth-order valence-electron chi connectivity index (χ4n) is 2.09. The molecular formula is C16H20Cl6N2O2S. The number of aromatic nitrogens is 1. The zero-order valence-electron chi connectivity index (χ0n) is 14.8. The smallest absolute Gasteiger partial charge is 0.247 e. The van der Waals surface area contributed by atoms with E-state index in [4.69, 9.17) is 74.3 Å². The van der Waals surface area contributed by atoms with Crippen LogP contribution in [-0.4, -0.2) is 25.6 Å².